The lowest BCUT2D eigenvalue weighted by molar-refractivity contribution is -0.0399. The zero-order valence-corrected chi connectivity index (χ0v) is 26.8. The summed E-state index contributed by atoms with van der Waals surface area (Å²) in [5.74, 6) is -0.0379. The fraction of sp³-hybridized carbons (Fsp3) is 0.500. The summed E-state index contributed by atoms with van der Waals surface area (Å²) in [6.45, 7) is -9.94. The van der Waals surface area contributed by atoms with Crippen molar-refractivity contribution in [2.45, 2.75) is 47.8 Å². The number of hydrogen-bond acceptors (Lipinski definition) is 15. The number of nitrogens with zero attached hydrogens (tertiary/aromatic N) is 7. The van der Waals surface area contributed by atoms with Crippen molar-refractivity contribution < 1.29 is 41.1 Å². The van der Waals surface area contributed by atoms with Gasteiger partial charge in [-0.2, -0.15) is 4.98 Å². The third kappa shape index (κ3) is 6.74. The van der Waals surface area contributed by atoms with Crippen molar-refractivity contribution in [3.63, 3.8) is 0 Å². The highest BCUT2D eigenvalue weighted by Gasteiger charge is 2.51. The number of ether oxygens (including phenoxy) is 1. The number of halogens is 2. The van der Waals surface area contributed by atoms with Gasteiger partial charge < -0.3 is 25.7 Å². The molecule has 4 aromatic rings. The molecule has 6 rings (SSSR count). The van der Waals surface area contributed by atoms with Crippen LogP contribution < -0.4 is 17.0 Å². The second-order valence-corrected chi connectivity index (χ2v) is 16.9. The molecule has 25 heteroatoms. The van der Waals surface area contributed by atoms with Crippen LogP contribution in [0.5, 0.6) is 0 Å². The molecule has 45 heavy (non-hydrogen) atoms. The average molecular weight is 729 g/mol. The number of H-pyrrole nitrogens is 1. The third-order valence-corrected chi connectivity index (χ3v) is 10.9. The lowest BCUT2D eigenvalue weighted by Crippen LogP contribution is -2.33. The summed E-state index contributed by atoms with van der Waals surface area (Å²) in [5, 5.41) is 6.52. The first-order valence-corrected chi connectivity index (χ1v) is 19.2. The maximum atomic E-state index is 16.0. The van der Waals surface area contributed by atoms with E-state index in [2.05, 4.69) is 54.7 Å². The minimum atomic E-state index is -4.43. The Morgan fingerprint density at radius 3 is 2.73 bits per heavy atom. The first-order chi connectivity index (χ1) is 21.2. The molecule has 6 heterocycles. The molecule has 0 aliphatic carbocycles. The van der Waals surface area contributed by atoms with E-state index in [-0.39, 0.29) is 35.0 Å². The topological polar surface area (TPSA) is 250 Å². The van der Waals surface area contributed by atoms with E-state index in [1.54, 1.807) is 0 Å². The van der Waals surface area contributed by atoms with E-state index in [9.17, 15) is 18.8 Å². The number of fused-ring (bicyclic) bond motifs is 2. The lowest BCUT2D eigenvalue weighted by Gasteiger charge is -2.24. The number of rotatable bonds is 10. The Labute approximate surface area is 265 Å². The summed E-state index contributed by atoms with van der Waals surface area (Å²) in [4.78, 5) is 35.9. The summed E-state index contributed by atoms with van der Waals surface area (Å²) in [6.07, 6.45) is -5.57. The van der Waals surface area contributed by atoms with E-state index in [4.69, 9.17) is 29.8 Å². The van der Waals surface area contributed by atoms with Crippen LogP contribution in [-0.4, -0.2) is 87.4 Å². The summed E-state index contributed by atoms with van der Waals surface area (Å²) in [6, 6.07) is 1.54. The van der Waals surface area contributed by atoms with Gasteiger partial charge in [-0.1, -0.05) is 29.7 Å². The Bertz CT molecular complexity index is 1900. The van der Waals surface area contributed by atoms with E-state index in [0.717, 1.165) is 11.8 Å². The Hall–Kier alpha value is -2.33. The Morgan fingerprint density at radius 1 is 1.20 bits per heavy atom. The molecule has 244 valence electrons. The molecular weight excluding hydrogens is 704 g/mol. The van der Waals surface area contributed by atoms with Gasteiger partial charge in [-0.25, -0.2) is 32.6 Å². The number of aromatic amines is 1. The molecule has 0 bridgehead atoms. The largest absolute Gasteiger partial charge is 0.386 e. The molecule has 9 atom stereocenters. The summed E-state index contributed by atoms with van der Waals surface area (Å²) >= 11 is 8.46. The van der Waals surface area contributed by atoms with Crippen molar-refractivity contribution in [3.8, 4) is 0 Å². The van der Waals surface area contributed by atoms with Crippen LogP contribution in [0.15, 0.2) is 23.4 Å². The molecule has 2 aliphatic heterocycles. The molecule has 2 aliphatic rings. The minimum absolute atomic E-state index is 0.0574. The van der Waals surface area contributed by atoms with E-state index in [1.165, 1.54) is 27.8 Å². The molecule has 4 aromatic heterocycles. The number of alkyl halides is 2. The van der Waals surface area contributed by atoms with Crippen molar-refractivity contribution in [2.75, 3.05) is 24.7 Å². The van der Waals surface area contributed by atoms with Crippen LogP contribution >= 0.6 is 49.9 Å². The van der Waals surface area contributed by atoms with E-state index in [0.29, 0.717) is 5.39 Å². The molecule has 0 spiro atoms. The fourth-order valence-electron chi connectivity index (χ4n) is 4.94. The molecule has 0 aromatic carbocycles. The van der Waals surface area contributed by atoms with Gasteiger partial charge in [-0.3, -0.25) is 23.3 Å². The zero-order chi connectivity index (χ0) is 32.3. The highest BCUT2D eigenvalue weighted by molar-refractivity contribution is 8.44. The highest BCUT2D eigenvalue weighted by atomic mass is 32.7. The number of nitrogens with one attached hydrogen (secondary N) is 1. The van der Waals surface area contributed by atoms with Crippen molar-refractivity contribution in [2.24, 2.45) is 0 Å². The molecule has 2 unspecified atom stereocenters. The van der Waals surface area contributed by atoms with Gasteiger partial charge in [0, 0.05) is 12.6 Å². The highest BCUT2D eigenvalue weighted by Crippen LogP contribution is 2.58. The first-order valence-electron chi connectivity index (χ1n) is 12.8. The fourth-order valence-corrected chi connectivity index (χ4v) is 8.46. The summed E-state index contributed by atoms with van der Waals surface area (Å²) in [5.41, 5.74) is 11.1. The van der Waals surface area contributed by atoms with Gasteiger partial charge in [-0.15, -0.1) is 16.9 Å². The molecule has 2 fully saturated rings. The molecule has 0 amide bonds. The Morgan fingerprint density at radius 2 is 1.98 bits per heavy atom. The molecule has 18 nitrogen and oxygen atoms in total. The number of nitrogen functional groups attached to an aromatic ring is 2. The number of thioether (sulfide) groups is 1. The number of aromatic nitrogens is 8. The predicted octanol–water partition coefficient (Wildman–Crippen LogP) is 2.19. The Kier molecular flexibility index (Phi) is 8.96. The van der Waals surface area contributed by atoms with E-state index in [1.807, 2.05) is 0 Å². The van der Waals surface area contributed by atoms with Crippen LogP contribution in [0.1, 0.15) is 18.0 Å². The zero-order valence-electron chi connectivity index (χ0n) is 22.4. The molecule has 6 N–H and O–H groups in total. The van der Waals surface area contributed by atoms with Crippen molar-refractivity contribution >= 4 is 83.8 Å². The standard InChI is InChI=1S/C20H24F2N10O8P2S3/c21-8-3-11(32-17-13(29-30-32)18(33)28-20(24)27-17)45-10(8)5-38-42(36,44)40-14-9(4-37-41(34,35)43)39-19(12(14)22)31-2-1-7-15(23)25-6-26-16(7)31/h1-2,6,8-12,14,19H,3-5H2,(H,36,44)(H2,23,25,26)(H2,34,35,43)(H3,24,27,28,33)/t8-,9+,10+,11+,12-,14+,19+,42?/m0/s1. The number of anilines is 2. The van der Waals surface area contributed by atoms with Crippen LogP contribution in [0.2, 0.25) is 0 Å². The van der Waals surface area contributed by atoms with Crippen molar-refractivity contribution in [1.82, 2.24) is 39.5 Å². The number of thiol groups is 2. The van der Waals surface area contributed by atoms with E-state index < -0.39 is 73.8 Å². The van der Waals surface area contributed by atoms with Crippen LogP contribution in [0.4, 0.5) is 20.5 Å². The second-order valence-electron chi connectivity index (χ2n) is 9.89. The molecular formula is C20H24F2N10O8P2S3. The minimum Gasteiger partial charge on any atom is -0.383 e. The van der Waals surface area contributed by atoms with Crippen LogP contribution in [-0.2, 0) is 27.4 Å². The van der Waals surface area contributed by atoms with Gasteiger partial charge in [-0.05, 0) is 6.07 Å². The average Bonchev–Trinajstić information content (AvgIpc) is 3.72. The monoisotopic (exact) mass is 728 g/mol. The predicted molar refractivity (Wildman–Crippen MR) is 163 cm³/mol. The van der Waals surface area contributed by atoms with Gasteiger partial charge in [0.15, 0.2) is 23.6 Å². The first kappa shape index (κ1) is 32.6. The summed E-state index contributed by atoms with van der Waals surface area (Å²) < 4.78 is 80.0. The maximum absolute atomic E-state index is 16.0. The normalized spacial score (nSPS) is 29.8. The number of nitrogens with two attached hydrogens (primary N) is 2. The van der Waals surface area contributed by atoms with Crippen molar-refractivity contribution in [1.29, 1.82) is 0 Å². The van der Waals surface area contributed by atoms with Crippen LogP contribution in [0, 0.1) is 0 Å². The van der Waals surface area contributed by atoms with Crippen LogP contribution in [0.25, 0.3) is 22.2 Å². The second kappa shape index (κ2) is 12.4. The maximum Gasteiger partial charge on any atom is 0.386 e. The molecule has 2 saturated heterocycles. The van der Waals surface area contributed by atoms with Crippen molar-refractivity contribution in [3.05, 3.63) is 28.9 Å². The Balaban J connectivity index is 1.16. The SMILES string of the molecule is Nc1nc2c(nnn2[C@H]2C[C@H](F)[C@@H](COP(=O)(S)O[C@H]3[C@H](F)[C@H](n4ccc5c(N)ncnc54)O[C@@H]3COP(=O)(O)S)S2)c(=O)[nH]1. The summed E-state index contributed by atoms with van der Waals surface area (Å²) in [7, 11) is 0. The third-order valence-electron chi connectivity index (χ3n) is 6.93. The molecule has 0 radical (unpaired) electrons. The number of hydrogen-bond donors (Lipinski definition) is 6. The van der Waals surface area contributed by atoms with E-state index >= 15 is 8.78 Å². The van der Waals surface area contributed by atoms with Gasteiger partial charge >= 0.3 is 13.6 Å². The van der Waals surface area contributed by atoms with Gasteiger partial charge in [0.1, 0.15) is 41.5 Å². The lowest BCUT2D eigenvalue weighted by atomic mass is 10.1. The van der Waals surface area contributed by atoms with Gasteiger partial charge in [0.05, 0.1) is 23.8 Å². The van der Waals surface area contributed by atoms with Gasteiger partial charge in [0.25, 0.3) is 5.56 Å². The van der Waals surface area contributed by atoms with Crippen LogP contribution in [0.3, 0.4) is 0 Å². The molecule has 0 saturated carbocycles. The van der Waals surface area contributed by atoms with Gasteiger partial charge in [0.2, 0.25) is 5.95 Å². The quantitative estimate of drug-likeness (QED) is 0.101. The smallest absolute Gasteiger partial charge is 0.383 e.